The quantitative estimate of drug-likeness (QED) is 0.790. The maximum atomic E-state index is 12.0. The Bertz CT molecular complexity index is 298. The van der Waals surface area contributed by atoms with Crippen LogP contribution in [0.1, 0.15) is 46.0 Å². The van der Waals surface area contributed by atoms with Gasteiger partial charge in [-0.05, 0) is 25.2 Å². The molecule has 1 fully saturated rings. The van der Waals surface area contributed by atoms with E-state index < -0.39 is 0 Å². The molecule has 1 aliphatic heterocycles. The molecule has 96 valence electrons. The standard InChI is InChI=1S/C13H23N3O/c1-3-5-10(2)12(15)8-13(17)16-7-4-6-11(16)9-14/h10-12H,3-8,15H2,1-2H3/t10-,11-,12+/m0/s1. The first-order chi connectivity index (χ1) is 8.10. The largest absolute Gasteiger partial charge is 0.327 e. The normalized spacial score (nSPS) is 23.2. The summed E-state index contributed by atoms with van der Waals surface area (Å²) in [5.41, 5.74) is 6.03. The first-order valence-corrected chi connectivity index (χ1v) is 6.54. The topological polar surface area (TPSA) is 70.1 Å². The van der Waals surface area contributed by atoms with Crippen molar-refractivity contribution in [1.29, 1.82) is 5.26 Å². The lowest BCUT2D eigenvalue weighted by molar-refractivity contribution is -0.131. The average Bonchev–Trinajstić information content (AvgIpc) is 2.77. The van der Waals surface area contributed by atoms with E-state index in [-0.39, 0.29) is 18.0 Å². The lowest BCUT2D eigenvalue weighted by Crippen LogP contribution is -2.40. The number of hydrogen-bond acceptors (Lipinski definition) is 3. The molecule has 1 amide bonds. The van der Waals surface area contributed by atoms with Gasteiger partial charge in [0.2, 0.25) is 5.91 Å². The molecule has 4 nitrogen and oxygen atoms in total. The molecule has 17 heavy (non-hydrogen) atoms. The summed E-state index contributed by atoms with van der Waals surface area (Å²) in [7, 11) is 0. The first-order valence-electron chi connectivity index (χ1n) is 6.54. The third kappa shape index (κ3) is 3.71. The summed E-state index contributed by atoms with van der Waals surface area (Å²) in [6.45, 7) is 4.93. The van der Waals surface area contributed by atoms with Crippen LogP contribution in [-0.4, -0.2) is 29.4 Å². The number of nitrogens with zero attached hydrogens (tertiary/aromatic N) is 2. The molecule has 0 bridgehead atoms. The molecular weight excluding hydrogens is 214 g/mol. The number of carbonyl (C=O) groups is 1. The number of amides is 1. The summed E-state index contributed by atoms with van der Waals surface area (Å²) in [5.74, 6) is 0.414. The molecule has 0 aromatic rings. The third-order valence-corrected chi connectivity index (χ3v) is 3.61. The Morgan fingerprint density at radius 2 is 2.35 bits per heavy atom. The van der Waals surface area contributed by atoms with Gasteiger partial charge in [0, 0.05) is 19.0 Å². The number of nitrogens with two attached hydrogens (primary N) is 1. The number of nitriles is 1. The van der Waals surface area contributed by atoms with Crippen molar-refractivity contribution in [2.75, 3.05) is 6.54 Å². The van der Waals surface area contributed by atoms with E-state index >= 15 is 0 Å². The smallest absolute Gasteiger partial charge is 0.225 e. The van der Waals surface area contributed by atoms with E-state index in [9.17, 15) is 4.79 Å². The highest BCUT2D eigenvalue weighted by Crippen LogP contribution is 2.19. The summed E-state index contributed by atoms with van der Waals surface area (Å²) in [4.78, 5) is 13.7. The van der Waals surface area contributed by atoms with Crippen molar-refractivity contribution in [3.63, 3.8) is 0 Å². The van der Waals surface area contributed by atoms with Crippen molar-refractivity contribution in [3.8, 4) is 6.07 Å². The highest BCUT2D eigenvalue weighted by Gasteiger charge is 2.29. The van der Waals surface area contributed by atoms with Crippen LogP contribution >= 0.6 is 0 Å². The monoisotopic (exact) mass is 237 g/mol. The van der Waals surface area contributed by atoms with Crippen molar-refractivity contribution in [2.45, 2.75) is 58.0 Å². The highest BCUT2D eigenvalue weighted by molar-refractivity contribution is 5.77. The summed E-state index contributed by atoms with van der Waals surface area (Å²) in [6.07, 6.45) is 4.26. The number of likely N-dealkylation sites (tertiary alicyclic amines) is 1. The van der Waals surface area contributed by atoms with Gasteiger partial charge in [-0.15, -0.1) is 0 Å². The van der Waals surface area contributed by atoms with Crippen LogP contribution in [0.2, 0.25) is 0 Å². The molecule has 0 spiro atoms. The van der Waals surface area contributed by atoms with Crippen LogP contribution < -0.4 is 5.73 Å². The van der Waals surface area contributed by atoms with E-state index in [1.54, 1.807) is 4.90 Å². The molecule has 0 aromatic heterocycles. The Morgan fingerprint density at radius 3 is 2.94 bits per heavy atom. The second-order valence-electron chi connectivity index (χ2n) is 5.01. The van der Waals surface area contributed by atoms with Crippen LogP contribution in [0, 0.1) is 17.2 Å². The van der Waals surface area contributed by atoms with Crippen LogP contribution in [0.15, 0.2) is 0 Å². The van der Waals surface area contributed by atoms with E-state index in [1.165, 1.54) is 0 Å². The molecule has 0 aliphatic carbocycles. The van der Waals surface area contributed by atoms with E-state index in [1.807, 2.05) is 0 Å². The second kappa shape index (κ2) is 6.61. The zero-order chi connectivity index (χ0) is 12.8. The maximum absolute atomic E-state index is 12.0. The van der Waals surface area contributed by atoms with Crippen molar-refractivity contribution in [2.24, 2.45) is 11.7 Å². The van der Waals surface area contributed by atoms with Gasteiger partial charge >= 0.3 is 0 Å². The van der Waals surface area contributed by atoms with Gasteiger partial charge in [0.15, 0.2) is 0 Å². The molecule has 4 heteroatoms. The molecule has 2 N–H and O–H groups in total. The predicted molar refractivity (Wildman–Crippen MR) is 67.0 cm³/mol. The van der Waals surface area contributed by atoms with Gasteiger partial charge in [-0.3, -0.25) is 4.79 Å². The summed E-state index contributed by atoms with van der Waals surface area (Å²) in [6, 6.07) is 1.88. The fourth-order valence-electron chi connectivity index (χ4n) is 2.39. The summed E-state index contributed by atoms with van der Waals surface area (Å²) >= 11 is 0. The van der Waals surface area contributed by atoms with E-state index in [4.69, 9.17) is 11.0 Å². The van der Waals surface area contributed by atoms with E-state index in [2.05, 4.69) is 19.9 Å². The zero-order valence-electron chi connectivity index (χ0n) is 10.9. The van der Waals surface area contributed by atoms with Crippen LogP contribution in [0.5, 0.6) is 0 Å². The first kappa shape index (κ1) is 14.0. The highest BCUT2D eigenvalue weighted by atomic mass is 16.2. The molecular formula is C13H23N3O. The Labute approximate surface area is 104 Å². The molecule has 1 rings (SSSR count). The molecule has 0 unspecified atom stereocenters. The molecule has 1 saturated heterocycles. The number of hydrogen-bond donors (Lipinski definition) is 1. The fraction of sp³-hybridized carbons (Fsp3) is 0.846. The Balaban J connectivity index is 2.46. The van der Waals surface area contributed by atoms with Gasteiger partial charge < -0.3 is 10.6 Å². The third-order valence-electron chi connectivity index (χ3n) is 3.61. The summed E-state index contributed by atoms with van der Waals surface area (Å²) < 4.78 is 0. The van der Waals surface area contributed by atoms with E-state index in [0.29, 0.717) is 18.9 Å². The van der Waals surface area contributed by atoms with Gasteiger partial charge in [-0.25, -0.2) is 0 Å². The minimum absolute atomic E-state index is 0.0458. The number of carbonyl (C=O) groups excluding carboxylic acids is 1. The Kier molecular flexibility index (Phi) is 5.43. The van der Waals surface area contributed by atoms with Gasteiger partial charge in [0.25, 0.3) is 0 Å². The Hall–Kier alpha value is -1.08. The molecule has 3 atom stereocenters. The lowest BCUT2D eigenvalue weighted by atomic mass is 9.95. The SMILES string of the molecule is CCC[C@H](C)[C@H](N)CC(=O)N1CCC[C@H]1C#N. The second-order valence-corrected chi connectivity index (χ2v) is 5.01. The lowest BCUT2D eigenvalue weighted by Gasteiger charge is -2.24. The van der Waals surface area contributed by atoms with Crippen molar-refractivity contribution >= 4 is 5.91 Å². The van der Waals surface area contributed by atoms with Crippen LogP contribution in [0.3, 0.4) is 0 Å². The van der Waals surface area contributed by atoms with Crippen molar-refractivity contribution < 1.29 is 4.79 Å². The minimum atomic E-state index is -0.226. The minimum Gasteiger partial charge on any atom is -0.327 e. The van der Waals surface area contributed by atoms with Gasteiger partial charge in [-0.2, -0.15) is 5.26 Å². The Morgan fingerprint density at radius 1 is 1.65 bits per heavy atom. The molecule has 1 heterocycles. The molecule has 1 aliphatic rings. The van der Waals surface area contributed by atoms with Gasteiger partial charge in [0.1, 0.15) is 6.04 Å². The maximum Gasteiger partial charge on any atom is 0.225 e. The van der Waals surface area contributed by atoms with Crippen molar-refractivity contribution in [3.05, 3.63) is 0 Å². The van der Waals surface area contributed by atoms with Crippen LogP contribution in [0.4, 0.5) is 0 Å². The van der Waals surface area contributed by atoms with Gasteiger partial charge in [-0.1, -0.05) is 20.3 Å². The zero-order valence-corrected chi connectivity index (χ0v) is 10.9. The predicted octanol–water partition coefficient (Wildman–Crippen LogP) is 1.65. The average molecular weight is 237 g/mol. The summed E-state index contributed by atoms with van der Waals surface area (Å²) in [5, 5.41) is 8.94. The fourth-order valence-corrected chi connectivity index (χ4v) is 2.39. The molecule has 0 aromatic carbocycles. The van der Waals surface area contributed by atoms with Crippen LogP contribution in [-0.2, 0) is 4.79 Å². The number of rotatable bonds is 5. The molecule has 0 radical (unpaired) electrons. The molecule has 0 saturated carbocycles. The van der Waals surface area contributed by atoms with E-state index in [0.717, 1.165) is 25.7 Å². The van der Waals surface area contributed by atoms with Crippen molar-refractivity contribution in [1.82, 2.24) is 4.90 Å². The van der Waals surface area contributed by atoms with Gasteiger partial charge in [0.05, 0.1) is 6.07 Å². The van der Waals surface area contributed by atoms with Crippen LogP contribution in [0.25, 0.3) is 0 Å².